The summed E-state index contributed by atoms with van der Waals surface area (Å²) in [6.07, 6.45) is 3.07. The predicted octanol–water partition coefficient (Wildman–Crippen LogP) is 4.10. The maximum Gasteiger partial charge on any atom is 0.166 e. The van der Waals surface area contributed by atoms with E-state index in [1.165, 1.54) is 11.1 Å². The molecule has 25 heavy (non-hydrogen) atoms. The topological polar surface area (TPSA) is 44.1 Å². The van der Waals surface area contributed by atoms with Crippen LogP contribution in [-0.2, 0) is 6.42 Å². The molecule has 0 saturated heterocycles. The molecule has 4 heteroatoms. The minimum Gasteiger partial charge on any atom is -0.497 e. The van der Waals surface area contributed by atoms with Gasteiger partial charge in [-0.2, -0.15) is 5.10 Å². The van der Waals surface area contributed by atoms with Gasteiger partial charge in [-0.05, 0) is 49.1 Å². The minimum atomic E-state index is 0.174. The molecule has 0 fully saturated rings. The highest BCUT2D eigenvalue weighted by molar-refractivity contribution is 5.98. The summed E-state index contributed by atoms with van der Waals surface area (Å²) in [5, 5.41) is 4.47. The Morgan fingerprint density at radius 1 is 1.12 bits per heavy atom. The Bertz CT molecular complexity index is 925. The maximum atomic E-state index is 12.6. The standard InChI is InChI=1S/C21H20N2O2/c1-14-4-3-5-15(10-14)16-11-20-19(21(24)12-16)13-22-23(20)17-6-8-18(25-2)9-7-17/h3-10,13,16H,11-12H2,1-2H3/t16-/m0/s1. The Labute approximate surface area is 147 Å². The summed E-state index contributed by atoms with van der Waals surface area (Å²) in [6, 6.07) is 16.2. The van der Waals surface area contributed by atoms with Crippen molar-refractivity contribution in [2.75, 3.05) is 7.11 Å². The Balaban J connectivity index is 1.72. The van der Waals surface area contributed by atoms with Crippen molar-refractivity contribution in [1.29, 1.82) is 0 Å². The van der Waals surface area contributed by atoms with Crippen LogP contribution in [0.25, 0.3) is 5.69 Å². The molecule has 0 bridgehead atoms. The number of hydrogen-bond donors (Lipinski definition) is 0. The van der Waals surface area contributed by atoms with Crippen LogP contribution in [0.3, 0.4) is 0 Å². The number of hydrogen-bond acceptors (Lipinski definition) is 3. The third-order valence-electron chi connectivity index (χ3n) is 4.87. The molecule has 2 aromatic carbocycles. The van der Waals surface area contributed by atoms with Crippen molar-refractivity contribution in [3.63, 3.8) is 0 Å². The van der Waals surface area contributed by atoms with Crippen molar-refractivity contribution in [1.82, 2.24) is 9.78 Å². The number of Topliss-reactive ketones (excluding diaryl/α,β-unsaturated/α-hetero) is 1. The molecule has 3 aromatic rings. The molecule has 0 saturated carbocycles. The van der Waals surface area contributed by atoms with E-state index in [1.54, 1.807) is 13.3 Å². The van der Waals surface area contributed by atoms with Gasteiger partial charge in [0.15, 0.2) is 5.78 Å². The van der Waals surface area contributed by atoms with E-state index in [0.29, 0.717) is 6.42 Å². The second kappa shape index (κ2) is 6.20. The van der Waals surface area contributed by atoms with Crippen LogP contribution in [-0.4, -0.2) is 22.7 Å². The van der Waals surface area contributed by atoms with Crippen molar-refractivity contribution in [2.24, 2.45) is 0 Å². The molecule has 0 amide bonds. The molecule has 0 spiro atoms. The molecular formula is C21H20N2O2. The minimum absolute atomic E-state index is 0.174. The van der Waals surface area contributed by atoms with Gasteiger partial charge in [0, 0.05) is 6.42 Å². The number of ether oxygens (including phenoxy) is 1. The first-order valence-corrected chi connectivity index (χ1v) is 8.47. The number of ketones is 1. The largest absolute Gasteiger partial charge is 0.497 e. The first-order valence-electron chi connectivity index (χ1n) is 8.47. The van der Waals surface area contributed by atoms with E-state index in [9.17, 15) is 4.79 Å². The van der Waals surface area contributed by atoms with Crippen LogP contribution in [0.2, 0.25) is 0 Å². The molecule has 0 aliphatic heterocycles. The lowest BCUT2D eigenvalue weighted by Crippen LogP contribution is -2.20. The van der Waals surface area contributed by atoms with Gasteiger partial charge in [0.05, 0.1) is 30.3 Å². The molecule has 1 atom stereocenters. The van der Waals surface area contributed by atoms with Crippen molar-refractivity contribution in [2.45, 2.75) is 25.7 Å². The van der Waals surface area contributed by atoms with E-state index in [0.717, 1.165) is 29.1 Å². The number of carbonyl (C=O) groups excluding carboxylic acids is 1. The van der Waals surface area contributed by atoms with Crippen LogP contribution in [0.5, 0.6) is 5.75 Å². The second-order valence-corrected chi connectivity index (χ2v) is 6.56. The maximum absolute atomic E-state index is 12.6. The average molecular weight is 332 g/mol. The van der Waals surface area contributed by atoms with Crippen LogP contribution in [0.1, 0.15) is 39.5 Å². The van der Waals surface area contributed by atoms with Crippen molar-refractivity contribution >= 4 is 5.78 Å². The normalized spacial score (nSPS) is 16.6. The molecule has 0 unspecified atom stereocenters. The van der Waals surface area contributed by atoms with Gasteiger partial charge in [0.1, 0.15) is 5.75 Å². The quantitative estimate of drug-likeness (QED) is 0.725. The average Bonchev–Trinajstić information content (AvgIpc) is 3.06. The second-order valence-electron chi connectivity index (χ2n) is 6.56. The van der Waals surface area contributed by atoms with Gasteiger partial charge in [-0.3, -0.25) is 4.79 Å². The van der Waals surface area contributed by atoms with Gasteiger partial charge in [-0.1, -0.05) is 29.8 Å². The number of aromatic nitrogens is 2. The van der Waals surface area contributed by atoms with Crippen LogP contribution < -0.4 is 4.74 Å². The Morgan fingerprint density at radius 3 is 2.64 bits per heavy atom. The predicted molar refractivity (Wildman–Crippen MR) is 96.7 cm³/mol. The summed E-state index contributed by atoms with van der Waals surface area (Å²) in [7, 11) is 1.65. The number of aryl methyl sites for hydroxylation is 1. The lowest BCUT2D eigenvalue weighted by Gasteiger charge is -2.23. The molecule has 1 aliphatic carbocycles. The van der Waals surface area contributed by atoms with E-state index >= 15 is 0 Å². The molecule has 0 radical (unpaired) electrons. The first kappa shape index (κ1) is 15.6. The van der Waals surface area contributed by atoms with Gasteiger partial charge in [-0.25, -0.2) is 4.68 Å². The van der Waals surface area contributed by atoms with Gasteiger partial charge in [0.25, 0.3) is 0 Å². The number of fused-ring (bicyclic) bond motifs is 1. The summed E-state index contributed by atoms with van der Waals surface area (Å²) in [4.78, 5) is 12.6. The third-order valence-corrected chi connectivity index (χ3v) is 4.87. The summed E-state index contributed by atoms with van der Waals surface area (Å²) in [5.74, 6) is 1.18. The Kier molecular flexibility index (Phi) is 3.88. The Morgan fingerprint density at radius 2 is 1.92 bits per heavy atom. The van der Waals surface area contributed by atoms with Crippen molar-refractivity contribution in [3.05, 3.63) is 77.1 Å². The molecule has 1 aromatic heterocycles. The molecular weight excluding hydrogens is 312 g/mol. The molecule has 4 nitrogen and oxygen atoms in total. The summed E-state index contributed by atoms with van der Waals surface area (Å²) in [6.45, 7) is 2.08. The van der Waals surface area contributed by atoms with E-state index < -0.39 is 0 Å². The highest BCUT2D eigenvalue weighted by atomic mass is 16.5. The van der Waals surface area contributed by atoms with E-state index in [2.05, 4.69) is 36.3 Å². The molecule has 1 heterocycles. The molecule has 0 N–H and O–H groups in total. The molecule has 1 aliphatic rings. The molecule has 4 rings (SSSR count). The first-order chi connectivity index (χ1) is 12.2. The van der Waals surface area contributed by atoms with E-state index in [-0.39, 0.29) is 11.7 Å². The smallest absolute Gasteiger partial charge is 0.166 e. The fourth-order valence-electron chi connectivity index (χ4n) is 3.55. The monoisotopic (exact) mass is 332 g/mol. The number of carbonyl (C=O) groups is 1. The van der Waals surface area contributed by atoms with Gasteiger partial charge in [0.2, 0.25) is 0 Å². The lowest BCUT2D eigenvalue weighted by molar-refractivity contribution is 0.0963. The zero-order chi connectivity index (χ0) is 17.4. The van der Waals surface area contributed by atoms with Crippen LogP contribution in [0, 0.1) is 6.92 Å². The summed E-state index contributed by atoms with van der Waals surface area (Å²) >= 11 is 0. The van der Waals surface area contributed by atoms with Gasteiger partial charge >= 0.3 is 0 Å². The lowest BCUT2D eigenvalue weighted by atomic mass is 9.82. The fourth-order valence-corrected chi connectivity index (χ4v) is 3.55. The highest BCUT2D eigenvalue weighted by Crippen LogP contribution is 2.34. The van der Waals surface area contributed by atoms with E-state index in [1.807, 2.05) is 28.9 Å². The van der Waals surface area contributed by atoms with Crippen LogP contribution in [0.15, 0.2) is 54.7 Å². The van der Waals surface area contributed by atoms with E-state index in [4.69, 9.17) is 4.74 Å². The highest BCUT2D eigenvalue weighted by Gasteiger charge is 2.30. The van der Waals surface area contributed by atoms with Crippen LogP contribution in [0.4, 0.5) is 0 Å². The van der Waals surface area contributed by atoms with Crippen molar-refractivity contribution < 1.29 is 9.53 Å². The summed E-state index contributed by atoms with van der Waals surface area (Å²) < 4.78 is 7.10. The zero-order valence-corrected chi connectivity index (χ0v) is 14.4. The fraction of sp³-hybridized carbons (Fsp3) is 0.238. The number of methoxy groups -OCH3 is 1. The number of nitrogens with zero attached hydrogens (tertiary/aromatic N) is 2. The molecule has 126 valence electrons. The third kappa shape index (κ3) is 2.84. The van der Waals surface area contributed by atoms with Gasteiger partial charge < -0.3 is 4.74 Å². The van der Waals surface area contributed by atoms with Crippen molar-refractivity contribution in [3.8, 4) is 11.4 Å². The van der Waals surface area contributed by atoms with Crippen LogP contribution >= 0.6 is 0 Å². The number of benzene rings is 2. The Hall–Kier alpha value is -2.88. The number of rotatable bonds is 3. The summed E-state index contributed by atoms with van der Waals surface area (Å²) in [5.41, 5.74) is 5.13. The SMILES string of the molecule is COc1ccc(-n2ncc3c2C[C@H](c2cccc(C)c2)CC3=O)cc1. The van der Waals surface area contributed by atoms with Gasteiger partial charge in [-0.15, -0.1) is 0 Å². The zero-order valence-electron chi connectivity index (χ0n) is 14.4.